The Morgan fingerprint density at radius 1 is 1.12 bits per heavy atom. The maximum absolute atomic E-state index is 9.54. The smallest absolute Gasteiger partial charge is 0.120 e. The Bertz CT molecular complexity index is 441. The molecule has 2 rings (SSSR count). The van der Waals surface area contributed by atoms with Crippen LogP contribution in [0, 0.1) is 11.8 Å². The van der Waals surface area contributed by atoms with Gasteiger partial charge in [-0.2, -0.15) is 0 Å². The van der Waals surface area contributed by atoms with Crippen LogP contribution in [0.1, 0.15) is 43.4 Å². The van der Waals surface area contributed by atoms with Crippen LogP contribution in [0.4, 0.5) is 0 Å². The molecular formula is C15H18O. The SMILES string of the molecule is CC(C)(O)C#Cc1ccc2c(c1)CCCC2. The minimum absolute atomic E-state index is 0.907. The van der Waals surface area contributed by atoms with E-state index in [0.717, 1.165) is 5.56 Å². The van der Waals surface area contributed by atoms with Crippen LogP contribution in [0.5, 0.6) is 0 Å². The lowest BCUT2D eigenvalue weighted by Crippen LogP contribution is -2.14. The predicted molar refractivity (Wildman–Crippen MR) is 66.3 cm³/mol. The monoisotopic (exact) mass is 214 g/mol. The zero-order valence-electron chi connectivity index (χ0n) is 10.0. The van der Waals surface area contributed by atoms with Crippen molar-refractivity contribution in [3.8, 4) is 11.8 Å². The second-order valence-electron chi connectivity index (χ2n) is 5.00. The quantitative estimate of drug-likeness (QED) is 0.658. The van der Waals surface area contributed by atoms with E-state index in [1.54, 1.807) is 13.8 Å². The summed E-state index contributed by atoms with van der Waals surface area (Å²) in [6, 6.07) is 6.42. The van der Waals surface area contributed by atoms with E-state index in [0.29, 0.717) is 0 Å². The number of hydrogen-bond acceptors (Lipinski definition) is 1. The molecule has 0 aromatic heterocycles. The van der Waals surface area contributed by atoms with Gasteiger partial charge in [0.05, 0.1) is 0 Å². The molecule has 1 heteroatoms. The summed E-state index contributed by atoms with van der Waals surface area (Å²) in [5.74, 6) is 5.89. The molecule has 1 aromatic rings. The lowest BCUT2D eigenvalue weighted by Gasteiger charge is -2.15. The molecule has 84 valence electrons. The summed E-state index contributed by atoms with van der Waals surface area (Å²) in [4.78, 5) is 0. The lowest BCUT2D eigenvalue weighted by atomic mass is 9.90. The Labute approximate surface area is 97.5 Å². The third-order valence-electron chi connectivity index (χ3n) is 2.86. The van der Waals surface area contributed by atoms with E-state index in [2.05, 4.69) is 30.0 Å². The molecule has 0 fully saturated rings. The highest BCUT2D eigenvalue weighted by Gasteiger charge is 2.09. The van der Waals surface area contributed by atoms with E-state index in [9.17, 15) is 5.11 Å². The van der Waals surface area contributed by atoms with Crippen LogP contribution in [-0.4, -0.2) is 10.7 Å². The molecule has 1 aliphatic rings. The first-order valence-corrected chi connectivity index (χ1v) is 5.92. The van der Waals surface area contributed by atoms with E-state index < -0.39 is 5.60 Å². The minimum atomic E-state index is -0.907. The first kappa shape index (κ1) is 11.2. The summed E-state index contributed by atoms with van der Waals surface area (Å²) in [5, 5.41) is 9.54. The van der Waals surface area contributed by atoms with Crippen molar-refractivity contribution in [2.45, 2.75) is 45.1 Å². The molecule has 1 nitrogen and oxygen atoms in total. The summed E-state index contributed by atoms with van der Waals surface area (Å²) in [5.41, 5.74) is 3.02. The molecule has 0 radical (unpaired) electrons. The Morgan fingerprint density at radius 3 is 2.50 bits per heavy atom. The zero-order valence-corrected chi connectivity index (χ0v) is 10.0. The van der Waals surface area contributed by atoms with Crippen LogP contribution >= 0.6 is 0 Å². The van der Waals surface area contributed by atoms with Crippen molar-refractivity contribution in [1.82, 2.24) is 0 Å². The predicted octanol–water partition coefficient (Wildman–Crippen LogP) is 2.69. The average molecular weight is 214 g/mol. The summed E-state index contributed by atoms with van der Waals surface area (Å²) in [6.45, 7) is 3.41. The number of rotatable bonds is 0. The van der Waals surface area contributed by atoms with Crippen LogP contribution in [-0.2, 0) is 12.8 Å². The molecule has 0 bridgehead atoms. The van der Waals surface area contributed by atoms with Gasteiger partial charge in [0.2, 0.25) is 0 Å². The highest BCUT2D eigenvalue weighted by Crippen LogP contribution is 2.21. The fourth-order valence-electron chi connectivity index (χ4n) is 2.04. The highest BCUT2D eigenvalue weighted by atomic mass is 16.3. The normalized spacial score (nSPS) is 14.9. The van der Waals surface area contributed by atoms with Gasteiger partial charge in [-0.3, -0.25) is 0 Å². The number of benzene rings is 1. The zero-order chi connectivity index (χ0) is 11.6. The van der Waals surface area contributed by atoms with Crippen LogP contribution in [0.15, 0.2) is 18.2 Å². The van der Waals surface area contributed by atoms with Gasteiger partial charge in [-0.1, -0.05) is 17.9 Å². The number of aryl methyl sites for hydroxylation is 2. The van der Waals surface area contributed by atoms with E-state index in [1.165, 1.54) is 36.8 Å². The van der Waals surface area contributed by atoms with Crippen molar-refractivity contribution >= 4 is 0 Å². The number of aliphatic hydroxyl groups is 1. The fourth-order valence-corrected chi connectivity index (χ4v) is 2.04. The molecule has 0 spiro atoms. The Hall–Kier alpha value is -1.26. The summed E-state index contributed by atoms with van der Waals surface area (Å²) >= 11 is 0. The van der Waals surface area contributed by atoms with Gasteiger partial charge in [-0.05, 0) is 62.8 Å². The highest BCUT2D eigenvalue weighted by molar-refractivity contribution is 5.42. The van der Waals surface area contributed by atoms with Gasteiger partial charge >= 0.3 is 0 Å². The van der Waals surface area contributed by atoms with E-state index in [-0.39, 0.29) is 0 Å². The summed E-state index contributed by atoms with van der Waals surface area (Å²) < 4.78 is 0. The van der Waals surface area contributed by atoms with E-state index >= 15 is 0 Å². The summed E-state index contributed by atoms with van der Waals surface area (Å²) in [7, 11) is 0. The van der Waals surface area contributed by atoms with Crippen LogP contribution in [0.25, 0.3) is 0 Å². The molecule has 1 aromatic carbocycles. The van der Waals surface area contributed by atoms with Crippen molar-refractivity contribution < 1.29 is 5.11 Å². The molecule has 0 saturated carbocycles. The van der Waals surface area contributed by atoms with Crippen LogP contribution < -0.4 is 0 Å². The maximum atomic E-state index is 9.54. The molecular weight excluding hydrogens is 196 g/mol. The largest absolute Gasteiger partial charge is 0.378 e. The summed E-state index contributed by atoms with van der Waals surface area (Å²) in [6.07, 6.45) is 4.97. The molecule has 0 atom stereocenters. The van der Waals surface area contributed by atoms with Crippen molar-refractivity contribution in [1.29, 1.82) is 0 Å². The fraction of sp³-hybridized carbons (Fsp3) is 0.467. The first-order chi connectivity index (χ1) is 7.54. The Morgan fingerprint density at radius 2 is 1.81 bits per heavy atom. The van der Waals surface area contributed by atoms with E-state index in [4.69, 9.17) is 0 Å². The molecule has 1 N–H and O–H groups in total. The third kappa shape index (κ3) is 2.87. The molecule has 16 heavy (non-hydrogen) atoms. The molecule has 0 amide bonds. The number of hydrogen-bond donors (Lipinski definition) is 1. The van der Waals surface area contributed by atoms with Crippen LogP contribution in [0.2, 0.25) is 0 Å². The van der Waals surface area contributed by atoms with Gasteiger partial charge in [-0.15, -0.1) is 0 Å². The second-order valence-corrected chi connectivity index (χ2v) is 5.00. The van der Waals surface area contributed by atoms with Gasteiger partial charge in [0.15, 0.2) is 0 Å². The average Bonchev–Trinajstić information content (AvgIpc) is 2.25. The Balaban J connectivity index is 2.26. The van der Waals surface area contributed by atoms with Crippen molar-refractivity contribution in [2.24, 2.45) is 0 Å². The molecule has 0 heterocycles. The second kappa shape index (κ2) is 4.31. The van der Waals surface area contributed by atoms with Gasteiger partial charge < -0.3 is 5.11 Å². The molecule has 0 saturated heterocycles. The minimum Gasteiger partial charge on any atom is -0.378 e. The van der Waals surface area contributed by atoms with Gasteiger partial charge in [-0.25, -0.2) is 0 Å². The van der Waals surface area contributed by atoms with Gasteiger partial charge in [0.1, 0.15) is 5.60 Å². The third-order valence-corrected chi connectivity index (χ3v) is 2.86. The molecule has 0 aliphatic heterocycles. The Kier molecular flexibility index (Phi) is 3.03. The van der Waals surface area contributed by atoms with E-state index in [1.807, 2.05) is 0 Å². The van der Waals surface area contributed by atoms with Crippen molar-refractivity contribution in [3.05, 3.63) is 34.9 Å². The van der Waals surface area contributed by atoms with Gasteiger partial charge in [0, 0.05) is 5.56 Å². The van der Waals surface area contributed by atoms with Crippen molar-refractivity contribution in [2.75, 3.05) is 0 Å². The van der Waals surface area contributed by atoms with Crippen LogP contribution in [0.3, 0.4) is 0 Å². The first-order valence-electron chi connectivity index (χ1n) is 5.92. The molecule has 1 aliphatic carbocycles. The topological polar surface area (TPSA) is 20.2 Å². The maximum Gasteiger partial charge on any atom is 0.120 e. The number of fused-ring (bicyclic) bond motifs is 1. The lowest BCUT2D eigenvalue weighted by molar-refractivity contribution is 0.143. The molecule has 0 unspecified atom stereocenters. The standard InChI is InChI=1S/C15H18O/c1-15(2,16)10-9-12-7-8-13-5-3-4-6-14(13)11-12/h7-8,11,16H,3-6H2,1-2H3. The van der Waals surface area contributed by atoms with Crippen molar-refractivity contribution in [3.63, 3.8) is 0 Å². The van der Waals surface area contributed by atoms with Gasteiger partial charge in [0.25, 0.3) is 0 Å².